The van der Waals surface area contributed by atoms with Gasteiger partial charge >= 0.3 is 0 Å². The Kier molecular flexibility index (Phi) is 2.22. The van der Waals surface area contributed by atoms with Gasteiger partial charge in [0.15, 0.2) is 0 Å². The van der Waals surface area contributed by atoms with Gasteiger partial charge in [0.1, 0.15) is 6.42 Å². The van der Waals surface area contributed by atoms with Crippen molar-refractivity contribution < 1.29 is 4.79 Å². The van der Waals surface area contributed by atoms with Crippen molar-refractivity contribution in [2.45, 2.75) is 38.1 Å². The highest BCUT2D eigenvalue weighted by atomic mass is 16.1. The summed E-state index contributed by atoms with van der Waals surface area (Å²) in [6.45, 7) is 0. The van der Waals surface area contributed by atoms with E-state index in [1.54, 1.807) is 0 Å². The first kappa shape index (κ1) is 8.55. The number of amides is 1. The van der Waals surface area contributed by atoms with Gasteiger partial charge in [-0.1, -0.05) is 12.8 Å². The molecule has 0 spiro atoms. The minimum absolute atomic E-state index is 0.00782. The second-order valence-electron chi connectivity index (χ2n) is 4.10. The summed E-state index contributed by atoms with van der Waals surface area (Å²) in [5.41, 5.74) is 0. The van der Waals surface area contributed by atoms with E-state index in [-0.39, 0.29) is 12.3 Å². The molecule has 70 valence electrons. The fourth-order valence-corrected chi connectivity index (χ4v) is 2.42. The van der Waals surface area contributed by atoms with E-state index in [4.69, 9.17) is 5.26 Å². The number of fused-ring (bicyclic) bond motifs is 1. The molecule has 13 heavy (non-hydrogen) atoms. The van der Waals surface area contributed by atoms with Crippen molar-refractivity contribution in [2.75, 3.05) is 0 Å². The van der Waals surface area contributed by atoms with Gasteiger partial charge in [0.2, 0.25) is 5.91 Å². The first-order chi connectivity index (χ1) is 6.31. The Morgan fingerprint density at radius 1 is 1.54 bits per heavy atom. The molecule has 1 unspecified atom stereocenters. The van der Waals surface area contributed by atoms with E-state index in [1.807, 2.05) is 6.07 Å². The van der Waals surface area contributed by atoms with Crippen LogP contribution in [0.25, 0.3) is 0 Å². The molecule has 0 aromatic rings. The molecule has 1 amide bonds. The van der Waals surface area contributed by atoms with Crippen LogP contribution in [-0.2, 0) is 4.79 Å². The van der Waals surface area contributed by atoms with Crippen LogP contribution in [0.3, 0.4) is 0 Å². The number of nitrogens with one attached hydrogen (secondary N) is 1. The topological polar surface area (TPSA) is 52.9 Å². The summed E-state index contributed by atoms with van der Waals surface area (Å²) in [6, 6.07) is 2.25. The molecule has 0 saturated heterocycles. The van der Waals surface area contributed by atoms with Gasteiger partial charge in [-0.15, -0.1) is 0 Å². The molecule has 0 aromatic heterocycles. The van der Waals surface area contributed by atoms with Crippen LogP contribution in [0.15, 0.2) is 0 Å². The number of nitrogens with zero attached hydrogens (tertiary/aromatic N) is 1. The molecule has 3 nitrogen and oxygen atoms in total. The number of hydrogen-bond donors (Lipinski definition) is 1. The maximum Gasteiger partial charge on any atom is 0.234 e. The van der Waals surface area contributed by atoms with Crippen molar-refractivity contribution in [1.29, 1.82) is 5.26 Å². The van der Waals surface area contributed by atoms with E-state index < -0.39 is 0 Å². The first-order valence-electron chi connectivity index (χ1n) is 4.97. The zero-order chi connectivity index (χ0) is 9.26. The number of hydrogen-bond acceptors (Lipinski definition) is 2. The van der Waals surface area contributed by atoms with E-state index in [9.17, 15) is 4.79 Å². The maximum atomic E-state index is 11.1. The second kappa shape index (κ2) is 3.37. The van der Waals surface area contributed by atoms with E-state index in [1.165, 1.54) is 19.3 Å². The fraction of sp³-hybridized carbons (Fsp3) is 0.800. The summed E-state index contributed by atoms with van der Waals surface area (Å²) in [5, 5.41) is 11.3. The monoisotopic (exact) mass is 178 g/mol. The third-order valence-corrected chi connectivity index (χ3v) is 3.17. The highest BCUT2D eigenvalue weighted by Gasteiger charge is 2.45. The lowest BCUT2D eigenvalue weighted by Crippen LogP contribution is -2.37. The second-order valence-corrected chi connectivity index (χ2v) is 4.10. The fourth-order valence-electron chi connectivity index (χ4n) is 2.42. The Hall–Kier alpha value is -1.04. The zero-order valence-electron chi connectivity index (χ0n) is 7.62. The van der Waals surface area contributed by atoms with Crippen molar-refractivity contribution in [3.8, 4) is 6.07 Å². The Labute approximate surface area is 78.1 Å². The van der Waals surface area contributed by atoms with Crippen LogP contribution in [0.2, 0.25) is 0 Å². The summed E-state index contributed by atoms with van der Waals surface area (Å²) in [6.07, 6.45) is 4.98. The Balaban J connectivity index is 1.81. The molecular weight excluding hydrogens is 164 g/mol. The van der Waals surface area contributed by atoms with Gasteiger partial charge in [-0.25, -0.2) is 0 Å². The van der Waals surface area contributed by atoms with E-state index in [0.717, 1.165) is 18.3 Å². The molecule has 2 aliphatic rings. The van der Waals surface area contributed by atoms with Crippen LogP contribution < -0.4 is 5.32 Å². The van der Waals surface area contributed by atoms with Crippen LogP contribution in [0, 0.1) is 23.2 Å². The van der Waals surface area contributed by atoms with Crippen LogP contribution in [-0.4, -0.2) is 11.9 Å². The van der Waals surface area contributed by atoms with Gasteiger partial charge in [-0.3, -0.25) is 4.79 Å². The Morgan fingerprint density at radius 2 is 2.38 bits per heavy atom. The average Bonchev–Trinajstić information content (AvgIpc) is 2.84. The molecule has 2 aliphatic carbocycles. The van der Waals surface area contributed by atoms with Crippen LogP contribution >= 0.6 is 0 Å². The molecule has 2 saturated carbocycles. The predicted molar refractivity (Wildman–Crippen MR) is 47.6 cm³/mol. The van der Waals surface area contributed by atoms with Gasteiger partial charge in [-0.05, 0) is 24.7 Å². The van der Waals surface area contributed by atoms with E-state index in [0.29, 0.717) is 6.04 Å². The molecule has 3 heteroatoms. The molecule has 2 rings (SSSR count). The van der Waals surface area contributed by atoms with Gasteiger partial charge < -0.3 is 5.32 Å². The number of nitriles is 1. The minimum atomic E-state index is -0.0972. The normalized spacial score (nSPS) is 35.8. The maximum absolute atomic E-state index is 11.1. The lowest BCUT2D eigenvalue weighted by atomic mass is 9.95. The lowest BCUT2D eigenvalue weighted by Gasteiger charge is -2.21. The molecule has 0 aliphatic heterocycles. The van der Waals surface area contributed by atoms with Crippen LogP contribution in [0.5, 0.6) is 0 Å². The highest BCUT2D eigenvalue weighted by molar-refractivity contribution is 5.78. The highest BCUT2D eigenvalue weighted by Crippen LogP contribution is 2.49. The molecule has 0 bridgehead atoms. The molecule has 0 heterocycles. The predicted octanol–water partition coefficient (Wildman–Crippen LogP) is 1.20. The zero-order valence-corrected chi connectivity index (χ0v) is 7.62. The molecule has 1 N–H and O–H groups in total. The van der Waals surface area contributed by atoms with Gasteiger partial charge in [0.25, 0.3) is 0 Å². The quantitative estimate of drug-likeness (QED) is 0.690. The summed E-state index contributed by atoms with van der Waals surface area (Å²) in [5.74, 6) is 1.51. The standard InChI is InChI=1S/C10H14N2O/c11-5-4-10(13)12-9-3-1-2-7-6-8(7)9/h7-9H,1-4,6H2,(H,12,13)/t7-,8+,9?/m0/s1. The summed E-state index contributed by atoms with van der Waals surface area (Å²) in [4.78, 5) is 11.1. The van der Waals surface area contributed by atoms with Crippen molar-refractivity contribution in [1.82, 2.24) is 5.32 Å². The first-order valence-corrected chi connectivity index (χ1v) is 4.97. The van der Waals surface area contributed by atoms with Crippen LogP contribution in [0.4, 0.5) is 0 Å². The number of rotatable bonds is 2. The van der Waals surface area contributed by atoms with Crippen molar-refractivity contribution in [3.05, 3.63) is 0 Å². The largest absolute Gasteiger partial charge is 0.352 e. The van der Waals surface area contributed by atoms with Crippen molar-refractivity contribution >= 4 is 5.91 Å². The van der Waals surface area contributed by atoms with Gasteiger partial charge in [-0.2, -0.15) is 5.26 Å². The third-order valence-electron chi connectivity index (χ3n) is 3.17. The number of carbonyl (C=O) groups excluding carboxylic acids is 1. The SMILES string of the molecule is N#CCC(=O)NC1CCC[C@H]2C[C@@H]12. The van der Waals surface area contributed by atoms with E-state index in [2.05, 4.69) is 5.32 Å². The molecule has 3 atom stereocenters. The lowest BCUT2D eigenvalue weighted by molar-refractivity contribution is -0.121. The van der Waals surface area contributed by atoms with Gasteiger partial charge in [0.05, 0.1) is 6.07 Å². The average molecular weight is 178 g/mol. The van der Waals surface area contributed by atoms with E-state index >= 15 is 0 Å². The van der Waals surface area contributed by atoms with Crippen LogP contribution in [0.1, 0.15) is 32.1 Å². The molecule has 2 fully saturated rings. The Bertz CT molecular complexity index is 256. The molecular formula is C10H14N2O. The Morgan fingerprint density at radius 3 is 3.15 bits per heavy atom. The summed E-state index contributed by atoms with van der Waals surface area (Å²) in [7, 11) is 0. The summed E-state index contributed by atoms with van der Waals surface area (Å²) >= 11 is 0. The van der Waals surface area contributed by atoms with Crippen molar-refractivity contribution in [2.24, 2.45) is 11.8 Å². The van der Waals surface area contributed by atoms with Gasteiger partial charge in [0, 0.05) is 6.04 Å². The molecule has 0 radical (unpaired) electrons. The molecule has 0 aromatic carbocycles. The third kappa shape index (κ3) is 1.82. The number of carbonyl (C=O) groups is 1. The minimum Gasteiger partial charge on any atom is -0.352 e. The summed E-state index contributed by atoms with van der Waals surface area (Å²) < 4.78 is 0. The smallest absolute Gasteiger partial charge is 0.234 e. The van der Waals surface area contributed by atoms with Crippen molar-refractivity contribution in [3.63, 3.8) is 0 Å².